The normalized spacial score (nSPS) is 18.2. The maximum absolute atomic E-state index is 10.6. The maximum atomic E-state index is 10.6. The molecule has 2 aliphatic rings. The highest BCUT2D eigenvalue weighted by molar-refractivity contribution is 14.0. The number of benzene rings is 2. The molecule has 0 aliphatic carbocycles. The molecule has 6 nitrogen and oxygen atoms in total. The number of aliphatic hydroxyl groups is 1. The molecular weight excluding hydrogens is 525 g/mol. The highest BCUT2D eigenvalue weighted by atomic mass is 127. The summed E-state index contributed by atoms with van der Waals surface area (Å²) in [6.45, 7) is 7.96. The van der Waals surface area contributed by atoms with Crippen molar-refractivity contribution >= 4 is 35.6 Å². The van der Waals surface area contributed by atoms with E-state index in [9.17, 15) is 5.11 Å². The second-order valence-electron chi connectivity index (χ2n) is 8.87. The van der Waals surface area contributed by atoms with Gasteiger partial charge >= 0.3 is 0 Å². The molecule has 1 unspecified atom stereocenters. The number of rotatable bonds is 7. The van der Waals surface area contributed by atoms with Crippen LogP contribution in [-0.4, -0.2) is 67.4 Å². The molecule has 1 atom stereocenters. The van der Waals surface area contributed by atoms with Crippen LogP contribution >= 0.6 is 24.0 Å². The largest absolute Gasteiger partial charge is 0.390 e. The molecular formula is C26H38IN5O. The van der Waals surface area contributed by atoms with Gasteiger partial charge in [-0.1, -0.05) is 42.5 Å². The minimum absolute atomic E-state index is 0. The van der Waals surface area contributed by atoms with Crippen LogP contribution in [0.5, 0.6) is 0 Å². The van der Waals surface area contributed by atoms with Gasteiger partial charge in [-0.15, -0.1) is 24.0 Å². The van der Waals surface area contributed by atoms with Crippen LogP contribution in [0.25, 0.3) is 0 Å². The molecule has 0 aromatic heterocycles. The number of piperidine rings is 1. The average molecular weight is 564 g/mol. The van der Waals surface area contributed by atoms with E-state index >= 15 is 0 Å². The van der Waals surface area contributed by atoms with Crippen molar-refractivity contribution in [1.29, 1.82) is 0 Å². The Bertz CT molecular complexity index is 870. The summed E-state index contributed by atoms with van der Waals surface area (Å²) in [4.78, 5) is 9.48. The monoisotopic (exact) mass is 563 g/mol. The number of hydrogen-bond donors (Lipinski definition) is 3. The number of halogens is 1. The van der Waals surface area contributed by atoms with Crippen LogP contribution in [0.1, 0.15) is 30.9 Å². The molecule has 2 heterocycles. The summed E-state index contributed by atoms with van der Waals surface area (Å²) in [5.74, 6) is 0.814. The molecule has 180 valence electrons. The number of aliphatic hydroxyl groups excluding tert-OH is 1. The predicted molar refractivity (Wildman–Crippen MR) is 148 cm³/mol. The molecule has 0 spiro atoms. The SMILES string of the molecule is CCNC(=NCC(O)CN1CCc2ccccc2C1)NC1CCN(c2ccccc2)CC1.I. The zero-order chi connectivity index (χ0) is 22.2. The van der Waals surface area contributed by atoms with Gasteiger partial charge in [-0.2, -0.15) is 0 Å². The second-order valence-corrected chi connectivity index (χ2v) is 8.87. The molecule has 0 saturated carbocycles. The lowest BCUT2D eigenvalue weighted by Crippen LogP contribution is -2.49. The molecule has 1 fully saturated rings. The highest BCUT2D eigenvalue weighted by Gasteiger charge is 2.21. The third-order valence-electron chi connectivity index (χ3n) is 6.44. The first-order valence-electron chi connectivity index (χ1n) is 12.0. The molecule has 2 aromatic carbocycles. The van der Waals surface area contributed by atoms with Crippen LogP contribution < -0.4 is 15.5 Å². The molecule has 0 amide bonds. The van der Waals surface area contributed by atoms with Crippen LogP contribution in [-0.2, 0) is 13.0 Å². The quantitative estimate of drug-likeness (QED) is 0.275. The van der Waals surface area contributed by atoms with E-state index in [0.29, 0.717) is 19.1 Å². The number of hydrogen-bond acceptors (Lipinski definition) is 4. The van der Waals surface area contributed by atoms with Crippen LogP contribution in [0.3, 0.4) is 0 Å². The number of anilines is 1. The lowest BCUT2D eigenvalue weighted by molar-refractivity contribution is 0.111. The minimum Gasteiger partial charge on any atom is -0.390 e. The number of fused-ring (bicyclic) bond motifs is 1. The van der Waals surface area contributed by atoms with E-state index < -0.39 is 6.10 Å². The van der Waals surface area contributed by atoms with Crippen molar-refractivity contribution < 1.29 is 5.11 Å². The number of nitrogens with zero attached hydrogens (tertiary/aromatic N) is 3. The second kappa shape index (κ2) is 13.2. The van der Waals surface area contributed by atoms with Crippen molar-refractivity contribution in [3.05, 3.63) is 65.7 Å². The Hall–Kier alpha value is -1.84. The summed E-state index contributed by atoms with van der Waals surface area (Å²) in [5, 5.41) is 17.6. The fraction of sp³-hybridized carbons (Fsp3) is 0.500. The molecule has 2 aromatic rings. The number of guanidine groups is 1. The summed E-state index contributed by atoms with van der Waals surface area (Å²) in [6, 6.07) is 19.7. The van der Waals surface area contributed by atoms with Crippen molar-refractivity contribution in [3.63, 3.8) is 0 Å². The Morgan fingerprint density at radius 3 is 2.45 bits per heavy atom. The zero-order valence-electron chi connectivity index (χ0n) is 19.6. The van der Waals surface area contributed by atoms with Gasteiger partial charge in [-0.05, 0) is 49.4 Å². The number of β-amino-alcohol motifs (C(OH)–C–C–N with tert-alkyl or cyclic N) is 1. The molecule has 4 rings (SSSR count). The van der Waals surface area contributed by atoms with Crippen molar-refractivity contribution in [2.75, 3.05) is 44.2 Å². The Labute approximate surface area is 215 Å². The summed E-state index contributed by atoms with van der Waals surface area (Å²) < 4.78 is 0. The van der Waals surface area contributed by atoms with Gasteiger partial charge in [0.15, 0.2) is 5.96 Å². The molecule has 3 N–H and O–H groups in total. The van der Waals surface area contributed by atoms with E-state index in [1.165, 1.54) is 16.8 Å². The van der Waals surface area contributed by atoms with E-state index in [1.807, 2.05) is 0 Å². The fourth-order valence-electron chi connectivity index (χ4n) is 4.70. The Morgan fingerprint density at radius 2 is 1.73 bits per heavy atom. The van der Waals surface area contributed by atoms with Gasteiger partial charge < -0.3 is 20.6 Å². The number of para-hydroxylation sites is 1. The summed E-state index contributed by atoms with van der Waals surface area (Å²) in [7, 11) is 0. The molecule has 1 saturated heterocycles. The van der Waals surface area contributed by atoms with E-state index in [-0.39, 0.29) is 24.0 Å². The van der Waals surface area contributed by atoms with Gasteiger partial charge in [0.2, 0.25) is 0 Å². The van der Waals surface area contributed by atoms with Gasteiger partial charge in [0.1, 0.15) is 0 Å². The molecule has 7 heteroatoms. The Balaban J connectivity index is 0.00000306. The Morgan fingerprint density at radius 1 is 1.03 bits per heavy atom. The molecule has 33 heavy (non-hydrogen) atoms. The highest BCUT2D eigenvalue weighted by Crippen LogP contribution is 2.20. The van der Waals surface area contributed by atoms with E-state index in [0.717, 1.165) is 57.9 Å². The van der Waals surface area contributed by atoms with Gasteiger partial charge in [0.05, 0.1) is 12.6 Å². The first-order valence-corrected chi connectivity index (χ1v) is 12.0. The average Bonchev–Trinajstić information content (AvgIpc) is 2.84. The summed E-state index contributed by atoms with van der Waals surface area (Å²) in [6.07, 6.45) is 2.75. The zero-order valence-corrected chi connectivity index (χ0v) is 21.9. The van der Waals surface area contributed by atoms with E-state index in [1.54, 1.807) is 0 Å². The minimum atomic E-state index is -0.462. The Kier molecular flexibility index (Phi) is 10.3. The van der Waals surface area contributed by atoms with Crippen molar-refractivity contribution in [2.24, 2.45) is 4.99 Å². The smallest absolute Gasteiger partial charge is 0.191 e. The third-order valence-corrected chi connectivity index (χ3v) is 6.44. The van der Waals surface area contributed by atoms with Crippen molar-refractivity contribution in [2.45, 2.75) is 44.9 Å². The number of aliphatic imine (C=N–C) groups is 1. The van der Waals surface area contributed by atoms with Gasteiger partial charge in [0.25, 0.3) is 0 Å². The van der Waals surface area contributed by atoms with Crippen LogP contribution in [0.15, 0.2) is 59.6 Å². The van der Waals surface area contributed by atoms with Gasteiger partial charge in [0, 0.05) is 51.0 Å². The van der Waals surface area contributed by atoms with Crippen LogP contribution in [0, 0.1) is 0 Å². The third kappa shape index (κ3) is 7.58. The van der Waals surface area contributed by atoms with Gasteiger partial charge in [-0.3, -0.25) is 9.89 Å². The summed E-state index contributed by atoms with van der Waals surface area (Å²) >= 11 is 0. The number of nitrogens with one attached hydrogen (secondary N) is 2. The van der Waals surface area contributed by atoms with Crippen LogP contribution in [0.2, 0.25) is 0 Å². The lowest BCUT2D eigenvalue weighted by Gasteiger charge is -2.34. The standard InChI is InChI=1S/C26H37N5O.HI/c1-2-27-26(29-23-13-16-31(17-14-23)24-10-4-3-5-11-24)28-18-25(32)20-30-15-12-21-8-6-7-9-22(21)19-30;/h3-11,23,25,32H,2,12-20H2,1H3,(H2,27,28,29);1H. The van der Waals surface area contributed by atoms with Crippen molar-refractivity contribution in [1.82, 2.24) is 15.5 Å². The fourth-order valence-corrected chi connectivity index (χ4v) is 4.70. The molecule has 2 aliphatic heterocycles. The maximum Gasteiger partial charge on any atom is 0.191 e. The molecule has 0 bridgehead atoms. The topological polar surface area (TPSA) is 63.1 Å². The molecule has 0 radical (unpaired) electrons. The first-order chi connectivity index (χ1) is 15.7. The van der Waals surface area contributed by atoms with Crippen LogP contribution in [0.4, 0.5) is 5.69 Å². The summed E-state index contributed by atoms with van der Waals surface area (Å²) in [5.41, 5.74) is 4.12. The van der Waals surface area contributed by atoms with E-state index in [2.05, 4.69) is 82.0 Å². The van der Waals surface area contributed by atoms with E-state index in [4.69, 9.17) is 4.99 Å². The van der Waals surface area contributed by atoms with Gasteiger partial charge in [-0.25, -0.2) is 0 Å². The lowest BCUT2D eigenvalue weighted by atomic mass is 10.00. The first kappa shape index (κ1) is 25.8. The van der Waals surface area contributed by atoms with Crippen molar-refractivity contribution in [3.8, 4) is 0 Å². The predicted octanol–water partition coefficient (Wildman–Crippen LogP) is 3.25.